The van der Waals surface area contributed by atoms with Gasteiger partial charge in [-0.2, -0.15) is 0 Å². The topological polar surface area (TPSA) is 83.5 Å². The van der Waals surface area contributed by atoms with Crippen molar-refractivity contribution in [3.63, 3.8) is 0 Å². The number of benzene rings is 3. The zero-order valence-corrected chi connectivity index (χ0v) is 18.3. The molecule has 0 atom stereocenters. The Labute approximate surface area is 192 Å². The first kappa shape index (κ1) is 22.6. The Morgan fingerprint density at radius 1 is 0.818 bits per heavy atom. The number of ether oxygens (including phenoxy) is 5. The van der Waals surface area contributed by atoms with Crippen LogP contribution in [0.4, 0.5) is 0 Å². The second-order valence-electron chi connectivity index (χ2n) is 7.72. The molecular weight excluding hydrogens is 424 g/mol. The lowest BCUT2D eigenvalue weighted by Crippen LogP contribution is -2.47. The first-order valence-electron chi connectivity index (χ1n) is 10.7. The highest BCUT2D eigenvalue weighted by molar-refractivity contribution is 5.75. The van der Waals surface area contributed by atoms with Gasteiger partial charge < -0.3 is 28.8 Å². The highest BCUT2D eigenvalue weighted by atomic mass is 16.7. The molecule has 1 aliphatic rings. The Morgan fingerprint density at radius 3 is 1.85 bits per heavy atom. The molecule has 0 aromatic heterocycles. The van der Waals surface area contributed by atoms with Crippen LogP contribution in [0.1, 0.15) is 18.4 Å². The van der Waals surface area contributed by atoms with Crippen molar-refractivity contribution < 1.29 is 33.6 Å². The van der Waals surface area contributed by atoms with Crippen molar-refractivity contribution >= 4 is 5.97 Å². The summed E-state index contributed by atoms with van der Waals surface area (Å²) in [6, 6.07) is 24.6. The van der Waals surface area contributed by atoms with Gasteiger partial charge in [-0.25, -0.2) is 4.79 Å². The average molecular weight is 450 g/mol. The van der Waals surface area contributed by atoms with Gasteiger partial charge in [0, 0.05) is 12.8 Å². The Hall–Kier alpha value is -3.55. The van der Waals surface area contributed by atoms with E-state index in [1.54, 1.807) is 0 Å². The van der Waals surface area contributed by atoms with Gasteiger partial charge in [-0.05, 0) is 54.1 Å². The number of carboxylic acid groups (broad SMARTS) is 1. The van der Waals surface area contributed by atoms with Crippen LogP contribution in [0.3, 0.4) is 0 Å². The summed E-state index contributed by atoms with van der Waals surface area (Å²) >= 11 is 0. The first-order valence-corrected chi connectivity index (χ1v) is 10.7. The molecule has 0 bridgehead atoms. The van der Waals surface area contributed by atoms with Crippen LogP contribution in [0, 0.1) is 0 Å². The third-order valence-corrected chi connectivity index (χ3v) is 5.28. The summed E-state index contributed by atoms with van der Waals surface area (Å²) in [5.41, 5.74) is 1.00. The van der Waals surface area contributed by atoms with E-state index in [1.807, 2.05) is 78.9 Å². The van der Waals surface area contributed by atoms with Gasteiger partial charge in [0.15, 0.2) is 0 Å². The van der Waals surface area contributed by atoms with Gasteiger partial charge in [0.1, 0.15) is 36.2 Å². The molecule has 7 nitrogen and oxygen atoms in total. The number of rotatable bonds is 9. The minimum absolute atomic E-state index is 0.0244. The van der Waals surface area contributed by atoms with E-state index in [1.165, 1.54) is 6.92 Å². The van der Waals surface area contributed by atoms with Crippen molar-refractivity contribution in [3.8, 4) is 23.0 Å². The van der Waals surface area contributed by atoms with Gasteiger partial charge >= 0.3 is 5.97 Å². The van der Waals surface area contributed by atoms with E-state index in [4.69, 9.17) is 28.8 Å². The van der Waals surface area contributed by atoms with Crippen LogP contribution in [-0.4, -0.2) is 43.3 Å². The fraction of sp³-hybridized carbons (Fsp3) is 0.269. The average Bonchev–Trinajstić information content (AvgIpc) is 2.84. The highest BCUT2D eigenvalue weighted by Crippen LogP contribution is 2.29. The van der Waals surface area contributed by atoms with Crippen molar-refractivity contribution in [2.24, 2.45) is 0 Å². The van der Waals surface area contributed by atoms with E-state index >= 15 is 0 Å². The second-order valence-corrected chi connectivity index (χ2v) is 7.72. The Morgan fingerprint density at radius 2 is 1.30 bits per heavy atom. The molecule has 4 rings (SSSR count). The van der Waals surface area contributed by atoms with Crippen LogP contribution in [0.15, 0.2) is 78.9 Å². The van der Waals surface area contributed by atoms with E-state index in [0.717, 1.165) is 28.6 Å². The minimum atomic E-state index is -1.57. The fourth-order valence-electron chi connectivity index (χ4n) is 3.31. The zero-order valence-electron chi connectivity index (χ0n) is 18.3. The maximum atomic E-state index is 11.2. The third-order valence-electron chi connectivity index (χ3n) is 5.28. The predicted molar refractivity (Wildman–Crippen MR) is 121 cm³/mol. The molecule has 0 amide bonds. The number of carboxylic acids is 1. The molecule has 0 radical (unpaired) electrons. The number of carbonyl (C=O) groups is 1. The lowest BCUT2D eigenvalue weighted by molar-refractivity contribution is -0.262. The molecule has 3 aromatic carbocycles. The molecular formula is C26H26O7. The van der Waals surface area contributed by atoms with Gasteiger partial charge in [-0.15, -0.1) is 0 Å². The normalized spacial score (nSPS) is 20.1. The molecule has 0 spiro atoms. The lowest BCUT2D eigenvalue weighted by atomic mass is 9.99. The maximum Gasteiger partial charge on any atom is 0.364 e. The standard InChI is InChI=1S/C26H26O7/c1-26(25(27)28)31-17-20(18-32-26)19-7-9-21(10-8-19)29-15-16-30-22-11-13-24(14-12-22)33-23-5-3-2-4-6-23/h2-14,20H,15-18H2,1H3,(H,27,28). The molecule has 0 aliphatic carbocycles. The number of hydrogen-bond donors (Lipinski definition) is 1. The molecule has 33 heavy (non-hydrogen) atoms. The van der Waals surface area contributed by atoms with Crippen molar-refractivity contribution in [1.82, 2.24) is 0 Å². The van der Waals surface area contributed by atoms with Crippen LogP contribution >= 0.6 is 0 Å². The predicted octanol–water partition coefficient (Wildman–Crippen LogP) is 4.87. The molecule has 1 N–H and O–H groups in total. The molecule has 1 fully saturated rings. The van der Waals surface area contributed by atoms with Crippen LogP contribution in [0.2, 0.25) is 0 Å². The van der Waals surface area contributed by atoms with Gasteiger partial charge in [0.2, 0.25) is 0 Å². The quantitative estimate of drug-likeness (QED) is 0.466. The molecule has 1 saturated heterocycles. The summed E-state index contributed by atoms with van der Waals surface area (Å²) in [6.07, 6.45) is 0. The SMILES string of the molecule is CC1(C(=O)O)OCC(c2ccc(OCCOc3ccc(Oc4ccccc4)cc3)cc2)CO1. The molecule has 3 aromatic rings. The van der Waals surface area contributed by atoms with Crippen molar-refractivity contribution in [2.75, 3.05) is 26.4 Å². The van der Waals surface area contributed by atoms with E-state index in [0.29, 0.717) is 13.2 Å². The monoisotopic (exact) mass is 450 g/mol. The van der Waals surface area contributed by atoms with Crippen LogP contribution in [0.25, 0.3) is 0 Å². The zero-order chi connectivity index (χ0) is 23.1. The summed E-state index contributed by atoms with van der Waals surface area (Å²) in [7, 11) is 0. The fourth-order valence-corrected chi connectivity index (χ4v) is 3.31. The van der Waals surface area contributed by atoms with E-state index in [-0.39, 0.29) is 19.1 Å². The smallest absolute Gasteiger partial charge is 0.364 e. The molecule has 1 aliphatic heterocycles. The largest absolute Gasteiger partial charge is 0.490 e. The van der Waals surface area contributed by atoms with E-state index in [9.17, 15) is 4.79 Å². The molecule has 0 unspecified atom stereocenters. The molecule has 172 valence electrons. The molecule has 1 heterocycles. The number of para-hydroxylation sites is 1. The Balaban J connectivity index is 1.18. The summed E-state index contributed by atoms with van der Waals surface area (Å²) in [5.74, 6) is 0.266. The van der Waals surface area contributed by atoms with Gasteiger partial charge in [-0.1, -0.05) is 30.3 Å². The Kier molecular flexibility index (Phi) is 7.12. The van der Waals surface area contributed by atoms with Gasteiger partial charge in [0.25, 0.3) is 5.79 Å². The lowest BCUT2D eigenvalue weighted by Gasteiger charge is -2.34. The van der Waals surface area contributed by atoms with E-state index in [2.05, 4.69) is 0 Å². The second kappa shape index (κ2) is 10.4. The third kappa shape index (κ3) is 6.03. The Bertz CT molecular complexity index is 1020. The molecule has 0 saturated carbocycles. The van der Waals surface area contributed by atoms with Gasteiger partial charge in [0.05, 0.1) is 13.2 Å². The van der Waals surface area contributed by atoms with Crippen LogP contribution in [0.5, 0.6) is 23.0 Å². The first-order chi connectivity index (χ1) is 16.0. The summed E-state index contributed by atoms with van der Waals surface area (Å²) in [4.78, 5) is 11.2. The minimum Gasteiger partial charge on any atom is -0.490 e. The molecule has 7 heteroatoms. The van der Waals surface area contributed by atoms with Gasteiger partial charge in [-0.3, -0.25) is 0 Å². The van der Waals surface area contributed by atoms with Crippen molar-refractivity contribution in [2.45, 2.75) is 18.6 Å². The summed E-state index contributed by atoms with van der Waals surface area (Å²) in [5, 5.41) is 9.15. The van der Waals surface area contributed by atoms with E-state index < -0.39 is 11.8 Å². The maximum absolute atomic E-state index is 11.2. The number of aliphatic carboxylic acids is 1. The van der Waals surface area contributed by atoms with Crippen LogP contribution < -0.4 is 14.2 Å². The summed E-state index contributed by atoms with van der Waals surface area (Å²) < 4.78 is 28.1. The number of hydrogen-bond acceptors (Lipinski definition) is 6. The summed E-state index contributed by atoms with van der Waals surface area (Å²) in [6.45, 7) is 2.78. The van der Waals surface area contributed by atoms with Crippen molar-refractivity contribution in [1.29, 1.82) is 0 Å². The van der Waals surface area contributed by atoms with Crippen LogP contribution in [-0.2, 0) is 14.3 Å². The highest BCUT2D eigenvalue weighted by Gasteiger charge is 2.40. The van der Waals surface area contributed by atoms with Crippen molar-refractivity contribution in [3.05, 3.63) is 84.4 Å².